The van der Waals surface area contributed by atoms with Crippen LogP contribution in [0.5, 0.6) is 5.75 Å². The Morgan fingerprint density at radius 1 is 1.00 bits per heavy atom. The van der Waals surface area contributed by atoms with Gasteiger partial charge < -0.3 is 9.84 Å². The first-order valence-corrected chi connectivity index (χ1v) is 11.4. The van der Waals surface area contributed by atoms with Gasteiger partial charge in [-0.3, -0.25) is 4.90 Å². The van der Waals surface area contributed by atoms with E-state index >= 15 is 0 Å². The van der Waals surface area contributed by atoms with E-state index < -0.39 is 59.0 Å². The standard InChI is InChI=1S/C20H15F7N4O3.2C2H6/c1-30(13-4-2-12(21)3-5-13)18(33)34-17-14(16-10-31(6-7-32)29-28-16)8-11(19(22,23)24)9-15(17)20(25,26)27;2*1-2/h2-5,8-10,32H,6-7H2,1H3;2*1-2H3. The molecule has 2 aromatic carbocycles. The summed E-state index contributed by atoms with van der Waals surface area (Å²) in [5.41, 5.74) is -4.74. The summed E-state index contributed by atoms with van der Waals surface area (Å²) in [4.78, 5) is 13.3. The van der Waals surface area contributed by atoms with Gasteiger partial charge in [-0.25, -0.2) is 13.9 Å². The Bertz CT molecular complexity index is 1180. The fourth-order valence-corrected chi connectivity index (χ4v) is 2.86. The molecule has 0 saturated carbocycles. The first-order valence-electron chi connectivity index (χ1n) is 11.4. The van der Waals surface area contributed by atoms with Crippen LogP contribution in [-0.2, 0) is 18.9 Å². The smallest absolute Gasteiger partial charge is 0.409 e. The van der Waals surface area contributed by atoms with Crippen LogP contribution in [-0.4, -0.2) is 39.8 Å². The zero-order valence-electron chi connectivity index (χ0n) is 21.2. The van der Waals surface area contributed by atoms with E-state index in [-0.39, 0.29) is 18.3 Å². The van der Waals surface area contributed by atoms with Gasteiger partial charge in [-0.15, -0.1) is 5.10 Å². The molecule has 0 aliphatic heterocycles. The van der Waals surface area contributed by atoms with E-state index in [1.807, 2.05) is 27.7 Å². The number of rotatable bonds is 5. The summed E-state index contributed by atoms with van der Waals surface area (Å²) in [5.74, 6) is -1.86. The van der Waals surface area contributed by atoms with Crippen molar-refractivity contribution < 1.29 is 45.4 Å². The molecule has 210 valence electrons. The SMILES string of the molecule is CC.CC.CN(C(=O)Oc1c(-c2cn(CCO)nn2)cc(C(F)(F)F)cc1C(F)(F)F)c1ccc(F)cc1. The number of carbonyl (C=O) groups is 1. The number of aliphatic hydroxyl groups excluding tert-OH is 1. The first-order chi connectivity index (χ1) is 17.8. The predicted octanol–water partition coefficient (Wildman–Crippen LogP) is 6.80. The van der Waals surface area contributed by atoms with E-state index in [4.69, 9.17) is 9.84 Å². The molecule has 38 heavy (non-hydrogen) atoms. The molecule has 1 aromatic heterocycles. The molecule has 1 N–H and O–H groups in total. The van der Waals surface area contributed by atoms with Crippen LogP contribution in [0.15, 0.2) is 42.6 Å². The Labute approximate surface area is 214 Å². The highest BCUT2D eigenvalue weighted by Gasteiger charge is 2.41. The number of benzene rings is 2. The Morgan fingerprint density at radius 3 is 2.08 bits per heavy atom. The number of anilines is 1. The van der Waals surface area contributed by atoms with Crippen molar-refractivity contribution >= 4 is 11.8 Å². The van der Waals surface area contributed by atoms with Crippen molar-refractivity contribution in [3.05, 3.63) is 59.5 Å². The lowest BCUT2D eigenvalue weighted by atomic mass is 10.0. The third-order valence-corrected chi connectivity index (χ3v) is 4.54. The number of aromatic nitrogens is 3. The Kier molecular flexibility index (Phi) is 11.7. The van der Waals surface area contributed by atoms with Crippen LogP contribution in [0.1, 0.15) is 38.8 Å². The van der Waals surface area contributed by atoms with Crippen molar-refractivity contribution in [1.29, 1.82) is 0 Å². The van der Waals surface area contributed by atoms with Gasteiger partial charge in [-0.2, -0.15) is 26.3 Å². The fraction of sp³-hybridized carbons (Fsp3) is 0.375. The van der Waals surface area contributed by atoms with Crippen molar-refractivity contribution in [2.75, 3.05) is 18.6 Å². The van der Waals surface area contributed by atoms with Gasteiger partial charge in [0, 0.05) is 18.3 Å². The number of alkyl halides is 6. The van der Waals surface area contributed by atoms with Crippen LogP contribution in [0.4, 0.5) is 41.2 Å². The number of amides is 1. The van der Waals surface area contributed by atoms with Gasteiger partial charge >= 0.3 is 18.4 Å². The maximum absolute atomic E-state index is 13.8. The van der Waals surface area contributed by atoms with Gasteiger partial charge in [0.15, 0.2) is 5.75 Å². The minimum Gasteiger partial charge on any atom is -0.409 e. The number of carbonyl (C=O) groups excluding carboxylic acids is 1. The monoisotopic (exact) mass is 552 g/mol. The Morgan fingerprint density at radius 2 is 1.58 bits per heavy atom. The highest BCUT2D eigenvalue weighted by atomic mass is 19.4. The van der Waals surface area contributed by atoms with Gasteiger partial charge in [0.2, 0.25) is 0 Å². The molecule has 1 amide bonds. The molecule has 7 nitrogen and oxygen atoms in total. The number of ether oxygens (including phenoxy) is 1. The Balaban J connectivity index is 0.00000172. The molecule has 0 aliphatic rings. The van der Waals surface area contributed by atoms with Crippen molar-refractivity contribution in [1.82, 2.24) is 15.0 Å². The molecule has 3 rings (SSSR count). The van der Waals surface area contributed by atoms with Crippen LogP contribution in [0.3, 0.4) is 0 Å². The molecule has 0 atom stereocenters. The lowest BCUT2D eigenvalue weighted by Gasteiger charge is -2.21. The average molecular weight is 552 g/mol. The predicted molar refractivity (Wildman–Crippen MR) is 126 cm³/mol. The largest absolute Gasteiger partial charge is 0.420 e. The molecule has 0 fully saturated rings. The summed E-state index contributed by atoms with van der Waals surface area (Å²) in [5, 5.41) is 16.1. The second-order valence-corrected chi connectivity index (χ2v) is 6.89. The maximum Gasteiger partial charge on any atom is 0.420 e. The second kappa shape index (κ2) is 13.7. The molecule has 14 heteroatoms. The Hall–Kier alpha value is -3.68. The summed E-state index contributed by atoms with van der Waals surface area (Å²) in [6, 6.07) is 4.45. The molecule has 0 aliphatic carbocycles. The van der Waals surface area contributed by atoms with E-state index in [1.165, 1.54) is 0 Å². The summed E-state index contributed by atoms with van der Waals surface area (Å²) in [6.45, 7) is 7.43. The van der Waals surface area contributed by atoms with Crippen LogP contribution in [0.2, 0.25) is 0 Å². The van der Waals surface area contributed by atoms with Crippen molar-refractivity contribution in [2.45, 2.75) is 46.6 Å². The van der Waals surface area contributed by atoms with Gasteiger partial charge in [0.05, 0.1) is 30.5 Å². The topological polar surface area (TPSA) is 80.5 Å². The number of aliphatic hydroxyl groups is 1. The minimum absolute atomic E-state index is 0.0438. The number of nitrogens with zero attached hydrogens (tertiary/aromatic N) is 4. The van der Waals surface area contributed by atoms with Gasteiger partial charge in [0.1, 0.15) is 11.5 Å². The summed E-state index contributed by atoms with van der Waals surface area (Å²) < 4.78 is 100. The van der Waals surface area contributed by atoms with E-state index in [9.17, 15) is 35.5 Å². The molecule has 0 unspecified atom stereocenters. The molecule has 1 heterocycles. The van der Waals surface area contributed by atoms with Gasteiger partial charge in [-0.05, 0) is 36.4 Å². The van der Waals surface area contributed by atoms with Crippen molar-refractivity contribution in [3.8, 4) is 17.0 Å². The van der Waals surface area contributed by atoms with Crippen molar-refractivity contribution in [2.24, 2.45) is 0 Å². The van der Waals surface area contributed by atoms with Crippen LogP contribution in [0, 0.1) is 5.82 Å². The summed E-state index contributed by atoms with van der Waals surface area (Å²) >= 11 is 0. The van der Waals surface area contributed by atoms with E-state index in [0.717, 1.165) is 47.1 Å². The highest BCUT2D eigenvalue weighted by molar-refractivity contribution is 5.90. The lowest BCUT2D eigenvalue weighted by molar-refractivity contribution is -0.143. The van der Waals surface area contributed by atoms with Crippen molar-refractivity contribution in [3.63, 3.8) is 0 Å². The van der Waals surface area contributed by atoms with Gasteiger partial charge in [0.25, 0.3) is 0 Å². The van der Waals surface area contributed by atoms with Crippen LogP contribution in [0.25, 0.3) is 11.3 Å². The number of hydrogen-bond donors (Lipinski definition) is 1. The first kappa shape index (κ1) is 32.3. The molecule has 3 aromatic rings. The third kappa shape index (κ3) is 8.16. The molecular formula is C24H27F7N4O3. The highest BCUT2D eigenvalue weighted by Crippen LogP contribution is 2.45. The van der Waals surface area contributed by atoms with Crippen LogP contribution >= 0.6 is 0 Å². The second-order valence-electron chi connectivity index (χ2n) is 6.89. The van der Waals surface area contributed by atoms with E-state index in [0.29, 0.717) is 6.07 Å². The molecule has 0 saturated heterocycles. The zero-order valence-corrected chi connectivity index (χ0v) is 21.2. The minimum atomic E-state index is -5.35. The summed E-state index contributed by atoms with van der Waals surface area (Å²) in [6.07, 6.45) is -10.9. The zero-order chi connectivity index (χ0) is 29.3. The lowest BCUT2D eigenvalue weighted by Crippen LogP contribution is -2.30. The molecule has 0 radical (unpaired) electrons. The third-order valence-electron chi connectivity index (χ3n) is 4.54. The van der Waals surface area contributed by atoms with E-state index in [2.05, 4.69) is 10.3 Å². The average Bonchev–Trinajstić information content (AvgIpc) is 3.34. The molecule has 0 spiro atoms. The summed E-state index contributed by atoms with van der Waals surface area (Å²) in [7, 11) is 1.12. The normalized spacial score (nSPS) is 11.1. The molecular weight excluding hydrogens is 525 g/mol. The fourth-order valence-electron chi connectivity index (χ4n) is 2.86. The van der Waals surface area contributed by atoms with Gasteiger partial charge in [-0.1, -0.05) is 32.9 Å². The molecule has 0 bridgehead atoms. The maximum atomic E-state index is 13.8. The number of hydrogen-bond acceptors (Lipinski definition) is 5. The quantitative estimate of drug-likeness (QED) is 0.352. The van der Waals surface area contributed by atoms with E-state index in [1.54, 1.807) is 0 Å². The van der Waals surface area contributed by atoms with Crippen LogP contribution < -0.4 is 9.64 Å². The number of halogens is 7.